The van der Waals surface area contributed by atoms with Crippen LogP contribution in [0.2, 0.25) is 0 Å². The van der Waals surface area contributed by atoms with Gasteiger partial charge < -0.3 is 10.3 Å². The summed E-state index contributed by atoms with van der Waals surface area (Å²) in [5, 5.41) is 1.03. The molecule has 0 spiro atoms. The van der Waals surface area contributed by atoms with Gasteiger partial charge in [-0.25, -0.2) is 9.97 Å². The number of nitrogen functional groups attached to an aromatic ring is 1. The van der Waals surface area contributed by atoms with Gasteiger partial charge >= 0.3 is 0 Å². The second-order valence-corrected chi connectivity index (χ2v) is 7.44. The van der Waals surface area contributed by atoms with Crippen LogP contribution in [-0.4, -0.2) is 19.5 Å². The summed E-state index contributed by atoms with van der Waals surface area (Å²) in [5.41, 5.74) is 12.1. The van der Waals surface area contributed by atoms with Crippen LogP contribution >= 0.6 is 0 Å². The number of aromatic nitrogens is 4. The van der Waals surface area contributed by atoms with E-state index in [1.807, 2.05) is 18.2 Å². The average molecular weight is 369 g/mol. The summed E-state index contributed by atoms with van der Waals surface area (Å²) >= 11 is 0. The van der Waals surface area contributed by atoms with Gasteiger partial charge in [-0.15, -0.1) is 0 Å². The number of hydrogen-bond donors (Lipinski definition) is 1. The average Bonchev–Trinajstić information content (AvgIpc) is 3.09. The van der Waals surface area contributed by atoms with Gasteiger partial charge in [0.15, 0.2) is 5.82 Å². The SMILES string of the molecule is C[C@H](c1ccccc1)n1c2c(c3c(N)nc(-c4ccccn4)nc31)CCCC2. The molecule has 3 aromatic heterocycles. The molecular weight excluding hydrogens is 346 g/mol. The fourth-order valence-electron chi connectivity index (χ4n) is 4.39. The Balaban J connectivity index is 1.79. The molecular formula is C23H23N5. The zero-order chi connectivity index (χ0) is 19.1. The Hall–Kier alpha value is -3.21. The summed E-state index contributed by atoms with van der Waals surface area (Å²) in [6, 6.07) is 16.5. The fourth-order valence-corrected chi connectivity index (χ4v) is 4.39. The molecule has 0 bridgehead atoms. The lowest BCUT2D eigenvalue weighted by atomic mass is 9.95. The van der Waals surface area contributed by atoms with Gasteiger partial charge in [-0.1, -0.05) is 36.4 Å². The molecule has 0 saturated carbocycles. The van der Waals surface area contributed by atoms with E-state index in [0.717, 1.165) is 29.6 Å². The summed E-state index contributed by atoms with van der Waals surface area (Å²) in [6.45, 7) is 2.24. The number of benzene rings is 1. The van der Waals surface area contributed by atoms with Crippen molar-refractivity contribution in [1.29, 1.82) is 0 Å². The van der Waals surface area contributed by atoms with Gasteiger partial charge in [-0.2, -0.15) is 0 Å². The Morgan fingerprint density at radius 2 is 1.75 bits per heavy atom. The minimum absolute atomic E-state index is 0.177. The maximum Gasteiger partial charge on any atom is 0.182 e. The molecule has 2 N–H and O–H groups in total. The van der Waals surface area contributed by atoms with E-state index in [1.165, 1.54) is 29.7 Å². The lowest BCUT2D eigenvalue weighted by Gasteiger charge is -2.21. The Bertz CT molecular complexity index is 1130. The Morgan fingerprint density at radius 3 is 2.54 bits per heavy atom. The van der Waals surface area contributed by atoms with E-state index in [2.05, 4.69) is 51.8 Å². The maximum atomic E-state index is 6.48. The third-order valence-electron chi connectivity index (χ3n) is 5.74. The molecule has 0 fully saturated rings. The van der Waals surface area contributed by atoms with Gasteiger partial charge in [0, 0.05) is 11.9 Å². The van der Waals surface area contributed by atoms with Crippen LogP contribution in [0.3, 0.4) is 0 Å². The lowest BCUT2D eigenvalue weighted by molar-refractivity contribution is 0.581. The molecule has 0 unspecified atom stereocenters. The predicted molar refractivity (Wildman–Crippen MR) is 112 cm³/mol. The van der Waals surface area contributed by atoms with Gasteiger partial charge in [-0.3, -0.25) is 4.98 Å². The topological polar surface area (TPSA) is 69.6 Å². The third-order valence-corrected chi connectivity index (χ3v) is 5.74. The van der Waals surface area contributed by atoms with Crippen molar-refractivity contribution in [1.82, 2.24) is 19.5 Å². The summed E-state index contributed by atoms with van der Waals surface area (Å²) in [5.74, 6) is 1.14. The number of hydrogen-bond acceptors (Lipinski definition) is 4. The zero-order valence-electron chi connectivity index (χ0n) is 16.0. The second-order valence-electron chi connectivity index (χ2n) is 7.44. The van der Waals surface area contributed by atoms with E-state index < -0.39 is 0 Å². The van der Waals surface area contributed by atoms with Crippen molar-refractivity contribution < 1.29 is 0 Å². The maximum absolute atomic E-state index is 6.48. The van der Waals surface area contributed by atoms with E-state index in [4.69, 9.17) is 10.7 Å². The number of fused-ring (bicyclic) bond motifs is 3. The highest BCUT2D eigenvalue weighted by Crippen LogP contribution is 2.38. The molecule has 1 aromatic carbocycles. The molecule has 4 aromatic rings. The first-order valence-electron chi connectivity index (χ1n) is 9.89. The van der Waals surface area contributed by atoms with Crippen molar-refractivity contribution in [3.63, 3.8) is 0 Å². The van der Waals surface area contributed by atoms with Gasteiger partial charge in [0.1, 0.15) is 17.2 Å². The van der Waals surface area contributed by atoms with Crippen molar-refractivity contribution in [2.45, 2.75) is 38.6 Å². The molecule has 1 atom stereocenters. The summed E-state index contributed by atoms with van der Waals surface area (Å²) in [7, 11) is 0. The molecule has 140 valence electrons. The van der Waals surface area contributed by atoms with E-state index in [0.29, 0.717) is 11.6 Å². The van der Waals surface area contributed by atoms with E-state index in [9.17, 15) is 0 Å². The van der Waals surface area contributed by atoms with Crippen LogP contribution in [0, 0.1) is 0 Å². The van der Waals surface area contributed by atoms with E-state index >= 15 is 0 Å². The Kier molecular flexibility index (Phi) is 4.08. The number of nitrogens with zero attached hydrogens (tertiary/aromatic N) is 4. The van der Waals surface area contributed by atoms with Crippen LogP contribution < -0.4 is 5.73 Å². The molecule has 0 amide bonds. The van der Waals surface area contributed by atoms with Gasteiger partial charge in [0.2, 0.25) is 0 Å². The van der Waals surface area contributed by atoms with E-state index in [1.54, 1.807) is 6.20 Å². The first-order chi connectivity index (χ1) is 13.7. The molecule has 0 aliphatic heterocycles. The van der Waals surface area contributed by atoms with Crippen LogP contribution in [-0.2, 0) is 12.8 Å². The lowest BCUT2D eigenvalue weighted by Crippen LogP contribution is -2.13. The van der Waals surface area contributed by atoms with E-state index in [-0.39, 0.29) is 6.04 Å². The van der Waals surface area contributed by atoms with Crippen LogP contribution in [0.1, 0.15) is 42.6 Å². The van der Waals surface area contributed by atoms with Crippen LogP contribution in [0.25, 0.3) is 22.6 Å². The molecule has 0 radical (unpaired) electrons. The fraction of sp³-hybridized carbons (Fsp3) is 0.261. The molecule has 1 aliphatic carbocycles. The van der Waals surface area contributed by atoms with Crippen molar-refractivity contribution in [2.24, 2.45) is 0 Å². The summed E-state index contributed by atoms with van der Waals surface area (Å²) in [6.07, 6.45) is 6.24. The van der Waals surface area contributed by atoms with Gasteiger partial charge in [0.25, 0.3) is 0 Å². The molecule has 5 nitrogen and oxygen atoms in total. The molecule has 5 heteroatoms. The zero-order valence-corrected chi connectivity index (χ0v) is 16.0. The number of nitrogens with two attached hydrogens (primary N) is 1. The first-order valence-corrected chi connectivity index (χ1v) is 9.89. The van der Waals surface area contributed by atoms with Crippen LogP contribution in [0.15, 0.2) is 54.7 Å². The Morgan fingerprint density at radius 1 is 0.964 bits per heavy atom. The normalized spacial score (nSPS) is 14.8. The van der Waals surface area contributed by atoms with Crippen molar-refractivity contribution in [3.8, 4) is 11.5 Å². The second kappa shape index (κ2) is 6.75. The molecule has 1 aliphatic rings. The van der Waals surface area contributed by atoms with Crippen molar-refractivity contribution in [2.75, 3.05) is 5.73 Å². The standard InChI is InChI=1S/C23H23N5/c1-15(16-9-3-2-4-10-16)28-19-13-6-5-11-17(19)20-21(24)26-22(27-23(20)28)18-12-7-8-14-25-18/h2-4,7-10,12,14-15H,5-6,11,13H2,1H3,(H2,24,26,27)/t15-/m1/s1. The minimum Gasteiger partial charge on any atom is -0.383 e. The molecule has 5 rings (SSSR count). The molecule has 3 heterocycles. The van der Waals surface area contributed by atoms with Crippen LogP contribution in [0.5, 0.6) is 0 Å². The Labute approximate surface area is 164 Å². The summed E-state index contributed by atoms with van der Waals surface area (Å²) in [4.78, 5) is 14.0. The van der Waals surface area contributed by atoms with Crippen molar-refractivity contribution in [3.05, 3.63) is 71.5 Å². The van der Waals surface area contributed by atoms with Gasteiger partial charge in [0.05, 0.1) is 11.4 Å². The highest BCUT2D eigenvalue weighted by atomic mass is 15.1. The number of aryl methyl sites for hydroxylation is 1. The highest BCUT2D eigenvalue weighted by Gasteiger charge is 2.27. The largest absolute Gasteiger partial charge is 0.383 e. The molecule has 0 saturated heterocycles. The number of pyridine rings is 1. The number of anilines is 1. The third kappa shape index (κ3) is 2.66. The number of rotatable bonds is 3. The van der Waals surface area contributed by atoms with Crippen molar-refractivity contribution >= 4 is 16.9 Å². The first kappa shape index (κ1) is 16.9. The summed E-state index contributed by atoms with van der Waals surface area (Å²) < 4.78 is 2.38. The quantitative estimate of drug-likeness (QED) is 0.574. The molecule has 28 heavy (non-hydrogen) atoms. The van der Waals surface area contributed by atoms with Crippen LogP contribution in [0.4, 0.5) is 5.82 Å². The minimum atomic E-state index is 0.177. The highest BCUT2D eigenvalue weighted by molar-refractivity contribution is 5.93. The smallest absolute Gasteiger partial charge is 0.182 e. The van der Waals surface area contributed by atoms with Gasteiger partial charge in [-0.05, 0) is 55.9 Å². The predicted octanol–water partition coefficient (Wildman–Crippen LogP) is 4.56. The monoisotopic (exact) mass is 369 g/mol.